The van der Waals surface area contributed by atoms with Gasteiger partial charge in [-0.1, -0.05) is 32.4 Å². The van der Waals surface area contributed by atoms with Crippen LogP contribution < -0.4 is 21.7 Å². The molecule has 9 N–H and O–H groups in total. The third-order valence-corrected chi connectivity index (χ3v) is 5.33. The Morgan fingerprint density at radius 2 is 1.46 bits per heavy atom. The standard InChI is InChI=1S/C22H32N4O9/c1-3-11(2)18(22(34)35)26-21(33)15(8-12-4-6-13(28)7-5-12)25-20(32)16(9-17(29)30)24-19(31)14(23)10-27/h4-7,11,14-16,18,27-28H,3,8-10,23H2,1-2H3,(H,24,31)(H,25,32)(H,26,33)(H,29,30)(H,34,35). The van der Waals surface area contributed by atoms with E-state index in [9.17, 15) is 34.2 Å². The average Bonchev–Trinajstić information content (AvgIpc) is 2.81. The number of nitrogens with two attached hydrogens (primary N) is 1. The maximum atomic E-state index is 13.0. The number of hydrogen-bond acceptors (Lipinski definition) is 8. The molecule has 0 bridgehead atoms. The van der Waals surface area contributed by atoms with Gasteiger partial charge in [0, 0.05) is 6.42 Å². The lowest BCUT2D eigenvalue weighted by Gasteiger charge is -2.26. The molecule has 0 saturated carbocycles. The molecule has 35 heavy (non-hydrogen) atoms. The maximum Gasteiger partial charge on any atom is 0.326 e. The zero-order valence-electron chi connectivity index (χ0n) is 19.4. The van der Waals surface area contributed by atoms with Gasteiger partial charge >= 0.3 is 11.9 Å². The summed E-state index contributed by atoms with van der Waals surface area (Å²) in [5, 5.41) is 44.0. The molecule has 3 amide bonds. The van der Waals surface area contributed by atoms with Gasteiger partial charge in [0.15, 0.2) is 0 Å². The minimum Gasteiger partial charge on any atom is -0.508 e. The number of phenols is 1. The van der Waals surface area contributed by atoms with E-state index in [4.69, 9.17) is 15.9 Å². The van der Waals surface area contributed by atoms with Crippen LogP contribution in [0.5, 0.6) is 5.75 Å². The number of aliphatic hydroxyl groups excluding tert-OH is 1. The van der Waals surface area contributed by atoms with E-state index in [0.29, 0.717) is 12.0 Å². The van der Waals surface area contributed by atoms with Gasteiger partial charge in [0.2, 0.25) is 17.7 Å². The summed E-state index contributed by atoms with van der Waals surface area (Å²) in [4.78, 5) is 60.8. The van der Waals surface area contributed by atoms with Gasteiger partial charge in [-0.2, -0.15) is 0 Å². The van der Waals surface area contributed by atoms with E-state index in [1.807, 2.05) is 0 Å². The van der Waals surface area contributed by atoms with E-state index in [0.717, 1.165) is 0 Å². The largest absolute Gasteiger partial charge is 0.508 e. The number of aliphatic hydroxyl groups is 1. The van der Waals surface area contributed by atoms with Crippen molar-refractivity contribution in [3.63, 3.8) is 0 Å². The minimum absolute atomic E-state index is 0.0362. The number of aliphatic carboxylic acids is 2. The fourth-order valence-corrected chi connectivity index (χ4v) is 3.03. The Balaban J connectivity index is 3.19. The molecule has 5 unspecified atom stereocenters. The van der Waals surface area contributed by atoms with Gasteiger partial charge in [0.25, 0.3) is 0 Å². The Labute approximate surface area is 201 Å². The van der Waals surface area contributed by atoms with E-state index in [-0.39, 0.29) is 12.2 Å². The summed E-state index contributed by atoms with van der Waals surface area (Å²) >= 11 is 0. The molecular formula is C22H32N4O9. The highest BCUT2D eigenvalue weighted by Crippen LogP contribution is 2.13. The van der Waals surface area contributed by atoms with Crippen molar-refractivity contribution in [1.82, 2.24) is 16.0 Å². The molecule has 0 saturated heterocycles. The van der Waals surface area contributed by atoms with E-state index in [1.165, 1.54) is 24.3 Å². The Bertz CT molecular complexity index is 907. The second-order valence-electron chi connectivity index (χ2n) is 8.09. The van der Waals surface area contributed by atoms with Crippen LogP contribution in [0.1, 0.15) is 32.3 Å². The first-order valence-corrected chi connectivity index (χ1v) is 10.9. The van der Waals surface area contributed by atoms with Gasteiger partial charge in [0.1, 0.15) is 29.9 Å². The van der Waals surface area contributed by atoms with Gasteiger partial charge in [-0.05, 0) is 23.6 Å². The topological polar surface area (TPSA) is 228 Å². The summed E-state index contributed by atoms with van der Waals surface area (Å²) < 4.78 is 0. The third-order valence-electron chi connectivity index (χ3n) is 5.33. The maximum absolute atomic E-state index is 13.0. The first-order chi connectivity index (χ1) is 16.4. The molecule has 13 heteroatoms. The molecule has 0 spiro atoms. The molecule has 0 aromatic heterocycles. The average molecular weight is 497 g/mol. The first-order valence-electron chi connectivity index (χ1n) is 10.9. The van der Waals surface area contributed by atoms with E-state index < -0.39 is 72.8 Å². The van der Waals surface area contributed by atoms with Crippen LogP contribution in [0, 0.1) is 5.92 Å². The fourth-order valence-electron chi connectivity index (χ4n) is 3.03. The molecule has 1 aromatic rings. The van der Waals surface area contributed by atoms with Crippen LogP contribution in [0.2, 0.25) is 0 Å². The Kier molecular flexibility index (Phi) is 11.6. The number of benzene rings is 1. The highest BCUT2D eigenvalue weighted by atomic mass is 16.4. The number of carboxylic acids is 2. The number of carboxylic acid groups (broad SMARTS) is 2. The second-order valence-corrected chi connectivity index (χ2v) is 8.09. The molecule has 5 atom stereocenters. The third kappa shape index (κ3) is 9.59. The van der Waals surface area contributed by atoms with E-state index in [2.05, 4.69) is 16.0 Å². The van der Waals surface area contributed by atoms with Crippen molar-refractivity contribution in [3.05, 3.63) is 29.8 Å². The highest BCUT2D eigenvalue weighted by molar-refractivity contribution is 5.95. The van der Waals surface area contributed by atoms with Gasteiger partial charge in [0.05, 0.1) is 13.0 Å². The second kappa shape index (κ2) is 13.9. The van der Waals surface area contributed by atoms with Crippen LogP contribution >= 0.6 is 0 Å². The lowest BCUT2D eigenvalue weighted by molar-refractivity contribution is -0.144. The fraction of sp³-hybridized carbons (Fsp3) is 0.500. The van der Waals surface area contributed by atoms with Crippen LogP contribution in [0.3, 0.4) is 0 Å². The Hall–Kier alpha value is -3.71. The van der Waals surface area contributed by atoms with Crippen LogP contribution in [-0.2, 0) is 30.4 Å². The number of carbonyl (C=O) groups is 5. The number of amides is 3. The zero-order valence-corrected chi connectivity index (χ0v) is 19.4. The van der Waals surface area contributed by atoms with Crippen molar-refractivity contribution in [2.75, 3.05) is 6.61 Å². The van der Waals surface area contributed by atoms with Crippen molar-refractivity contribution in [2.24, 2.45) is 11.7 Å². The molecule has 1 aromatic carbocycles. The summed E-state index contributed by atoms with van der Waals surface area (Å²) in [6, 6.07) is 0.0644. The molecule has 0 heterocycles. The summed E-state index contributed by atoms with van der Waals surface area (Å²) in [6.45, 7) is 2.64. The summed E-state index contributed by atoms with van der Waals surface area (Å²) in [5.41, 5.74) is 5.90. The first kappa shape index (κ1) is 29.3. The molecule has 1 rings (SSSR count). The van der Waals surface area contributed by atoms with Crippen molar-refractivity contribution in [1.29, 1.82) is 0 Å². The lowest BCUT2D eigenvalue weighted by atomic mass is 9.98. The molecule has 0 fully saturated rings. The van der Waals surface area contributed by atoms with Crippen LogP contribution in [0.25, 0.3) is 0 Å². The number of hydrogen-bond donors (Lipinski definition) is 8. The Morgan fingerprint density at radius 3 is 1.94 bits per heavy atom. The monoisotopic (exact) mass is 496 g/mol. The van der Waals surface area contributed by atoms with Gasteiger partial charge < -0.3 is 42.1 Å². The predicted octanol–water partition coefficient (Wildman–Crippen LogP) is -1.69. The van der Waals surface area contributed by atoms with Gasteiger partial charge in [-0.3, -0.25) is 19.2 Å². The molecule has 194 valence electrons. The number of nitrogens with one attached hydrogen (secondary N) is 3. The number of phenolic OH excluding ortho intramolecular Hbond substituents is 1. The van der Waals surface area contributed by atoms with E-state index in [1.54, 1.807) is 13.8 Å². The lowest BCUT2D eigenvalue weighted by Crippen LogP contribution is -2.58. The molecule has 13 nitrogen and oxygen atoms in total. The molecule has 0 aliphatic rings. The predicted molar refractivity (Wildman–Crippen MR) is 122 cm³/mol. The SMILES string of the molecule is CCC(C)C(NC(=O)C(Cc1ccc(O)cc1)NC(=O)C(CC(=O)O)NC(=O)C(N)CO)C(=O)O. The summed E-state index contributed by atoms with van der Waals surface area (Å²) in [6.07, 6.45) is -0.521. The quantitative estimate of drug-likeness (QED) is 0.146. The number of carbonyl (C=O) groups excluding carboxylic acids is 3. The van der Waals surface area contributed by atoms with E-state index >= 15 is 0 Å². The summed E-state index contributed by atoms with van der Waals surface area (Å²) in [5.74, 6) is -6.00. The van der Waals surface area contributed by atoms with Gasteiger partial charge in [-0.25, -0.2) is 4.79 Å². The molecule has 0 radical (unpaired) electrons. The highest BCUT2D eigenvalue weighted by Gasteiger charge is 2.32. The number of aromatic hydroxyl groups is 1. The van der Waals surface area contributed by atoms with Crippen molar-refractivity contribution < 1.29 is 44.4 Å². The van der Waals surface area contributed by atoms with Crippen molar-refractivity contribution in [2.45, 2.75) is 57.3 Å². The van der Waals surface area contributed by atoms with Crippen LogP contribution in [-0.4, -0.2) is 80.9 Å². The minimum atomic E-state index is -1.63. The number of rotatable bonds is 14. The van der Waals surface area contributed by atoms with Gasteiger partial charge in [-0.15, -0.1) is 0 Å². The van der Waals surface area contributed by atoms with Crippen LogP contribution in [0.4, 0.5) is 0 Å². The summed E-state index contributed by atoms with van der Waals surface area (Å²) in [7, 11) is 0. The smallest absolute Gasteiger partial charge is 0.326 e. The zero-order chi connectivity index (χ0) is 26.7. The molecule has 0 aliphatic heterocycles. The normalized spacial score (nSPS) is 15.1. The van der Waals surface area contributed by atoms with Crippen molar-refractivity contribution >= 4 is 29.7 Å². The Morgan fingerprint density at radius 1 is 0.914 bits per heavy atom. The molecular weight excluding hydrogens is 464 g/mol. The molecule has 0 aliphatic carbocycles. The van der Waals surface area contributed by atoms with Crippen molar-refractivity contribution in [3.8, 4) is 5.75 Å². The van der Waals surface area contributed by atoms with Crippen LogP contribution in [0.15, 0.2) is 24.3 Å².